The maximum absolute atomic E-state index is 12.6. The van der Waals surface area contributed by atoms with Gasteiger partial charge < -0.3 is 14.4 Å². The van der Waals surface area contributed by atoms with E-state index in [2.05, 4.69) is 17.0 Å². The molecular weight excluding hydrogens is 392 g/mol. The highest BCUT2D eigenvalue weighted by atomic mass is 16.5. The smallest absolute Gasteiger partial charge is 0.222 e. The van der Waals surface area contributed by atoms with Gasteiger partial charge in [-0.3, -0.25) is 14.5 Å². The number of amides is 1. The highest BCUT2D eigenvalue weighted by molar-refractivity contribution is 5.94. The number of benzene rings is 2. The molecule has 2 aromatic rings. The molecule has 0 unspecified atom stereocenters. The number of hydrogen-bond acceptors (Lipinski definition) is 5. The molecule has 3 rings (SSSR count). The summed E-state index contributed by atoms with van der Waals surface area (Å²) in [6.45, 7) is 6.38. The van der Waals surface area contributed by atoms with Crippen LogP contribution in [0, 0.1) is 0 Å². The lowest BCUT2D eigenvalue weighted by Gasteiger charge is -2.22. The van der Waals surface area contributed by atoms with E-state index in [0.29, 0.717) is 25.0 Å². The fourth-order valence-corrected chi connectivity index (χ4v) is 3.72. The van der Waals surface area contributed by atoms with Crippen molar-refractivity contribution in [3.8, 4) is 11.5 Å². The molecule has 1 aliphatic rings. The first kappa shape index (κ1) is 22.8. The van der Waals surface area contributed by atoms with Crippen LogP contribution in [0.15, 0.2) is 48.5 Å². The van der Waals surface area contributed by atoms with Gasteiger partial charge in [0, 0.05) is 44.7 Å². The second-order valence-corrected chi connectivity index (χ2v) is 7.89. The van der Waals surface area contributed by atoms with Crippen LogP contribution >= 0.6 is 0 Å². The topological polar surface area (TPSA) is 59.1 Å². The van der Waals surface area contributed by atoms with Gasteiger partial charge in [0.2, 0.25) is 5.91 Å². The fourth-order valence-electron chi connectivity index (χ4n) is 3.72. The number of nitrogens with zero attached hydrogens (tertiary/aromatic N) is 2. The van der Waals surface area contributed by atoms with Crippen molar-refractivity contribution in [3.05, 3.63) is 59.7 Å². The Labute approximate surface area is 184 Å². The molecule has 0 atom stereocenters. The molecule has 166 valence electrons. The fraction of sp³-hybridized carbons (Fsp3) is 0.440. The van der Waals surface area contributed by atoms with Crippen LogP contribution in [0.2, 0.25) is 0 Å². The highest BCUT2D eigenvalue weighted by Gasteiger charge is 2.19. The van der Waals surface area contributed by atoms with Gasteiger partial charge >= 0.3 is 0 Å². The predicted molar refractivity (Wildman–Crippen MR) is 121 cm³/mol. The van der Waals surface area contributed by atoms with Gasteiger partial charge in [-0.15, -0.1) is 0 Å². The molecule has 0 spiro atoms. The molecule has 0 bridgehead atoms. The van der Waals surface area contributed by atoms with E-state index in [-0.39, 0.29) is 11.7 Å². The van der Waals surface area contributed by atoms with Gasteiger partial charge in [0.25, 0.3) is 0 Å². The maximum atomic E-state index is 12.6. The molecule has 0 aromatic heterocycles. The third-order valence-electron chi connectivity index (χ3n) is 5.57. The lowest BCUT2D eigenvalue weighted by Crippen LogP contribution is -2.35. The Hall–Kier alpha value is -2.86. The number of rotatable bonds is 9. The van der Waals surface area contributed by atoms with Crippen LogP contribution < -0.4 is 9.47 Å². The summed E-state index contributed by atoms with van der Waals surface area (Å²) in [6, 6.07) is 15.3. The average Bonchev–Trinajstić information content (AvgIpc) is 3.03. The SMILES string of the molecule is COc1ccc(CN2CCCN(C(=O)CCCOc3ccc(C(C)=O)cc3)CC2)cc1. The van der Waals surface area contributed by atoms with Crippen LogP contribution in [-0.2, 0) is 11.3 Å². The summed E-state index contributed by atoms with van der Waals surface area (Å²) < 4.78 is 10.9. The maximum Gasteiger partial charge on any atom is 0.222 e. The number of ketones is 1. The molecule has 1 aliphatic heterocycles. The molecule has 1 fully saturated rings. The molecule has 0 saturated carbocycles. The third-order valence-corrected chi connectivity index (χ3v) is 5.57. The van der Waals surface area contributed by atoms with Gasteiger partial charge in [-0.25, -0.2) is 0 Å². The van der Waals surface area contributed by atoms with Crippen LogP contribution in [0.4, 0.5) is 0 Å². The number of carbonyl (C=O) groups excluding carboxylic acids is 2. The van der Waals surface area contributed by atoms with Crippen LogP contribution in [-0.4, -0.2) is 61.4 Å². The zero-order valence-corrected chi connectivity index (χ0v) is 18.5. The minimum absolute atomic E-state index is 0.0390. The van der Waals surface area contributed by atoms with E-state index in [0.717, 1.165) is 50.6 Å². The predicted octanol–water partition coefficient (Wildman–Crippen LogP) is 3.79. The number of ether oxygens (including phenoxy) is 2. The van der Waals surface area contributed by atoms with Crippen molar-refractivity contribution in [2.45, 2.75) is 32.7 Å². The zero-order valence-electron chi connectivity index (χ0n) is 18.5. The van der Waals surface area contributed by atoms with Crippen molar-refractivity contribution in [1.82, 2.24) is 9.80 Å². The number of Topliss-reactive ketones (excluding diaryl/α,β-unsaturated/α-hetero) is 1. The second kappa shape index (κ2) is 11.5. The van der Waals surface area contributed by atoms with Crippen molar-refractivity contribution in [1.29, 1.82) is 0 Å². The van der Waals surface area contributed by atoms with Gasteiger partial charge in [0.05, 0.1) is 13.7 Å². The monoisotopic (exact) mass is 424 g/mol. The van der Waals surface area contributed by atoms with E-state index in [4.69, 9.17) is 9.47 Å². The summed E-state index contributed by atoms with van der Waals surface area (Å²) in [7, 11) is 1.67. The summed E-state index contributed by atoms with van der Waals surface area (Å²) >= 11 is 0. The Bertz CT molecular complexity index is 849. The minimum Gasteiger partial charge on any atom is -0.497 e. The average molecular weight is 425 g/mol. The lowest BCUT2D eigenvalue weighted by molar-refractivity contribution is -0.131. The Morgan fingerprint density at radius 1 is 0.903 bits per heavy atom. The van der Waals surface area contributed by atoms with Crippen molar-refractivity contribution in [3.63, 3.8) is 0 Å². The van der Waals surface area contributed by atoms with Crippen LogP contribution in [0.5, 0.6) is 11.5 Å². The summed E-state index contributed by atoms with van der Waals surface area (Å²) in [4.78, 5) is 28.3. The van der Waals surface area contributed by atoms with Crippen molar-refractivity contribution in [2.75, 3.05) is 39.9 Å². The van der Waals surface area contributed by atoms with Crippen LogP contribution in [0.3, 0.4) is 0 Å². The van der Waals surface area contributed by atoms with E-state index >= 15 is 0 Å². The van der Waals surface area contributed by atoms with Gasteiger partial charge in [-0.2, -0.15) is 0 Å². The molecule has 0 radical (unpaired) electrons. The molecule has 6 heteroatoms. The van der Waals surface area contributed by atoms with Crippen LogP contribution in [0.25, 0.3) is 0 Å². The summed E-state index contributed by atoms with van der Waals surface area (Å²) in [6.07, 6.45) is 2.16. The quantitative estimate of drug-likeness (QED) is 0.453. The Morgan fingerprint density at radius 2 is 1.61 bits per heavy atom. The molecule has 0 aliphatic carbocycles. The number of methoxy groups -OCH3 is 1. The first-order valence-electron chi connectivity index (χ1n) is 10.9. The van der Waals surface area contributed by atoms with E-state index in [1.165, 1.54) is 5.56 Å². The normalized spacial score (nSPS) is 14.7. The van der Waals surface area contributed by atoms with E-state index in [9.17, 15) is 9.59 Å². The first-order valence-corrected chi connectivity index (χ1v) is 10.9. The van der Waals surface area contributed by atoms with Crippen LogP contribution in [0.1, 0.15) is 42.1 Å². The number of carbonyl (C=O) groups is 2. The van der Waals surface area contributed by atoms with Gasteiger partial charge in [0.1, 0.15) is 11.5 Å². The summed E-state index contributed by atoms with van der Waals surface area (Å²) in [5, 5.41) is 0. The second-order valence-electron chi connectivity index (χ2n) is 7.89. The van der Waals surface area contributed by atoms with Crippen molar-refractivity contribution in [2.24, 2.45) is 0 Å². The molecular formula is C25H32N2O4. The minimum atomic E-state index is 0.0390. The van der Waals surface area contributed by atoms with Crippen molar-refractivity contribution >= 4 is 11.7 Å². The Balaban J connectivity index is 1.37. The number of hydrogen-bond donors (Lipinski definition) is 0. The van der Waals surface area contributed by atoms with E-state index in [1.54, 1.807) is 38.3 Å². The van der Waals surface area contributed by atoms with Gasteiger partial charge in [-0.1, -0.05) is 12.1 Å². The van der Waals surface area contributed by atoms with E-state index < -0.39 is 0 Å². The Morgan fingerprint density at radius 3 is 2.29 bits per heavy atom. The molecule has 1 amide bonds. The molecule has 2 aromatic carbocycles. The zero-order chi connectivity index (χ0) is 22.1. The largest absolute Gasteiger partial charge is 0.497 e. The molecule has 1 saturated heterocycles. The highest BCUT2D eigenvalue weighted by Crippen LogP contribution is 2.16. The van der Waals surface area contributed by atoms with E-state index in [1.807, 2.05) is 17.0 Å². The third kappa shape index (κ3) is 7.10. The molecule has 6 nitrogen and oxygen atoms in total. The lowest BCUT2D eigenvalue weighted by atomic mass is 10.1. The van der Waals surface area contributed by atoms with Crippen molar-refractivity contribution < 1.29 is 19.1 Å². The van der Waals surface area contributed by atoms with Gasteiger partial charge in [0.15, 0.2) is 5.78 Å². The Kier molecular flexibility index (Phi) is 8.47. The molecule has 1 heterocycles. The summed E-state index contributed by atoms with van der Waals surface area (Å²) in [5.74, 6) is 1.83. The standard InChI is InChI=1S/C25H32N2O4/c1-20(28)22-8-12-24(13-9-22)31-18-3-5-25(29)27-15-4-14-26(16-17-27)19-21-6-10-23(30-2)11-7-21/h6-13H,3-5,14-19H2,1-2H3. The first-order chi connectivity index (χ1) is 15.0. The molecule has 0 N–H and O–H groups in total. The van der Waals surface area contributed by atoms with Gasteiger partial charge in [-0.05, 0) is 61.7 Å². The summed E-state index contributed by atoms with van der Waals surface area (Å²) in [5.41, 5.74) is 1.93. The molecule has 31 heavy (non-hydrogen) atoms.